The number of primary amides is 1. The minimum Gasteiger partial charge on any atom is -0.368 e. The Morgan fingerprint density at radius 3 is 2.65 bits per heavy atom. The molecule has 0 aliphatic heterocycles. The van der Waals surface area contributed by atoms with Crippen LogP contribution in [-0.4, -0.2) is 17.4 Å². The summed E-state index contributed by atoms with van der Waals surface area (Å²) in [5.74, 6) is -0.956. The van der Waals surface area contributed by atoms with Crippen molar-refractivity contribution < 1.29 is 9.59 Å². The predicted molar refractivity (Wildman–Crippen MR) is 67.3 cm³/mol. The van der Waals surface area contributed by atoms with Crippen molar-refractivity contribution in [3.63, 3.8) is 0 Å². The van der Waals surface area contributed by atoms with Gasteiger partial charge in [0.05, 0.1) is 0 Å². The van der Waals surface area contributed by atoms with E-state index in [9.17, 15) is 9.59 Å². The molecular formula is C11H17N3O2S. The number of hydrogen-bond donors (Lipinski definition) is 3. The van der Waals surface area contributed by atoms with E-state index in [0.717, 1.165) is 4.88 Å². The summed E-state index contributed by atoms with van der Waals surface area (Å²) < 4.78 is 0. The van der Waals surface area contributed by atoms with Gasteiger partial charge in [-0.1, -0.05) is 13.0 Å². The van der Waals surface area contributed by atoms with E-state index < -0.39 is 23.4 Å². The van der Waals surface area contributed by atoms with Crippen molar-refractivity contribution >= 4 is 23.2 Å². The fraction of sp³-hybridized carbons (Fsp3) is 0.455. The minimum absolute atomic E-state index is 0.393. The van der Waals surface area contributed by atoms with Crippen molar-refractivity contribution in [2.75, 3.05) is 0 Å². The Labute approximate surface area is 104 Å². The van der Waals surface area contributed by atoms with Crippen LogP contribution in [0.15, 0.2) is 17.5 Å². The van der Waals surface area contributed by atoms with Crippen LogP contribution in [0.1, 0.15) is 31.2 Å². The molecule has 1 rings (SSSR count). The van der Waals surface area contributed by atoms with Crippen LogP contribution in [0.2, 0.25) is 0 Å². The van der Waals surface area contributed by atoms with Crippen molar-refractivity contribution in [1.82, 2.24) is 5.32 Å². The van der Waals surface area contributed by atoms with Gasteiger partial charge in [0.1, 0.15) is 11.6 Å². The van der Waals surface area contributed by atoms with Gasteiger partial charge in [-0.15, -0.1) is 11.3 Å². The van der Waals surface area contributed by atoms with E-state index in [1.165, 1.54) is 11.3 Å². The van der Waals surface area contributed by atoms with Crippen LogP contribution in [-0.2, 0) is 9.59 Å². The molecule has 1 aromatic heterocycles. The molecule has 2 atom stereocenters. The lowest BCUT2D eigenvalue weighted by Gasteiger charge is -2.27. The number of amides is 2. The highest BCUT2D eigenvalue weighted by molar-refractivity contribution is 7.10. The molecule has 2 unspecified atom stereocenters. The third-order valence-corrected chi connectivity index (χ3v) is 3.74. The lowest BCUT2D eigenvalue weighted by Crippen LogP contribution is -2.56. The molecule has 1 heterocycles. The Bertz CT molecular complexity index is 405. The largest absolute Gasteiger partial charge is 0.368 e. The van der Waals surface area contributed by atoms with E-state index in [2.05, 4.69) is 5.32 Å². The van der Waals surface area contributed by atoms with Gasteiger partial charge in [0, 0.05) is 4.88 Å². The standard InChI is InChI=1S/C11H17N3O2S/c1-3-11(2,10(13)16)14-9(15)8(12)7-5-4-6-17-7/h4-6,8H,3,12H2,1-2H3,(H2,13,16)(H,14,15). The van der Waals surface area contributed by atoms with Crippen LogP contribution in [0.25, 0.3) is 0 Å². The third kappa shape index (κ3) is 3.04. The Morgan fingerprint density at radius 2 is 2.24 bits per heavy atom. The fourth-order valence-corrected chi connectivity index (χ4v) is 2.00. The molecule has 94 valence electrons. The van der Waals surface area contributed by atoms with Crippen molar-refractivity contribution in [2.24, 2.45) is 11.5 Å². The smallest absolute Gasteiger partial charge is 0.243 e. The first kappa shape index (κ1) is 13.7. The lowest BCUT2D eigenvalue weighted by molar-refractivity contribution is -0.131. The molecule has 0 radical (unpaired) electrons. The second kappa shape index (κ2) is 5.29. The van der Waals surface area contributed by atoms with Gasteiger partial charge in [-0.05, 0) is 24.8 Å². The van der Waals surface area contributed by atoms with Crippen LogP contribution in [0.5, 0.6) is 0 Å². The minimum atomic E-state index is -1.05. The molecule has 5 nitrogen and oxygen atoms in total. The average Bonchev–Trinajstić information content (AvgIpc) is 2.80. The van der Waals surface area contributed by atoms with Crippen molar-refractivity contribution in [3.05, 3.63) is 22.4 Å². The summed E-state index contributed by atoms with van der Waals surface area (Å²) in [6.45, 7) is 3.37. The lowest BCUT2D eigenvalue weighted by atomic mass is 9.97. The molecule has 5 N–H and O–H groups in total. The zero-order valence-electron chi connectivity index (χ0n) is 9.90. The average molecular weight is 255 g/mol. The maximum Gasteiger partial charge on any atom is 0.243 e. The quantitative estimate of drug-likeness (QED) is 0.715. The second-order valence-corrected chi connectivity index (χ2v) is 5.01. The topological polar surface area (TPSA) is 98.2 Å². The predicted octanol–water partition coefficient (Wildman–Crippen LogP) is 0.518. The first-order chi connectivity index (χ1) is 7.90. The van der Waals surface area contributed by atoms with Crippen LogP contribution in [0.4, 0.5) is 0 Å². The first-order valence-electron chi connectivity index (χ1n) is 5.31. The van der Waals surface area contributed by atoms with Crippen LogP contribution >= 0.6 is 11.3 Å². The number of thiophene rings is 1. The zero-order valence-corrected chi connectivity index (χ0v) is 10.7. The maximum atomic E-state index is 11.9. The molecule has 6 heteroatoms. The summed E-state index contributed by atoms with van der Waals surface area (Å²) in [6, 6.07) is 2.84. The molecule has 0 aromatic carbocycles. The highest BCUT2D eigenvalue weighted by Crippen LogP contribution is 2.18. The summed E-state index contributed by atoms with van der Waals surface area (Å²) in [6.07, 6.45) is 0.422. The molecule has 1 aromatic rings. The van der Waals surface area contributed by atoms with Crippen molar-refractivity contribution in [2.45, 2.75) is 31.8 Å². The Morgan fingerprint density at radius 1 is 1.59 bits per heavy atom. The van der Waals surface area contributed by atoms with Crippen LogP contribution in [0.3, 0.4) is 0 Å². The van der Waals surface area contributed by atoms with Crippen molar-refractivity contribution in [3.8, 4) is 0 Å². The molecule has 0 saturated carbocycles. The Kier molecular flexibility index (Phi) is 4.25. The zero-order chi connectivity index (χ0) is 13.1. The van der Waals surface area contributed by atoms with Gasteiger partial charge in [0.2, 0.25) is 11.8 Å². The normalized spacial score (nSPS) is 15.9. The molecule has 0 spiro atoms. The summed E-state index contributed by atoms with van der Waals surface area (Å²) in [7, 11) is 0. The summed E-state index contributed by atoms with van der Waals surface area (Å²) in [5.41, 5.74) is 10.00. The number of rotatable bonds is 5. The van der Waals surface area contributed by atoms with E-state index in [-0.39, 0.29) is 0 Å². The molecule has 0 fully saturated rings. The molecule has 17 heavy (non-hydrogen) atoms. The monoisotopic (exact) mass is 255 g/mol. The van der Waals surface area contributed by atoms with Gasteiger partial charge < -0.3 is 16.8 Å². The number of carbonyl (C=O) groups excluding carboxylic acids is 2. The molecule has 0 bridgehead atoms. The van der Waals surface area contributed by atoms with Gasteiger partial charge in [0.25, 0.3) is 0 Å². The van der Waals surface area contributed by atoms with E-state index in [0.29, 0.717) is 6.42 Å². The first-order valence-corrected chi connectivity index (χ1v) is 6.19. The maximum absolute atomic E-state index is 11.9. The molecule has 0 aliphatic carbocycles. The number of nitrogens with two attached hydrogens (primary N) is 2. The van der Waals surface area contributed by atoms with E-state index >= 15 is 0 Å². The van der Waals surface area contributed by atoms with E-state index in [1.54, 1.807) is 19.9 Å². The Balaban J connectivity index is 2.75. The number of carbonyl (C=O) groups is 2. The molecule has 2 amide bonds. The number of nitrogens with one attached hydrogen (secondary N) is 1. The van der Waals surface area contributed by atoms with Gasteiger partial charge in [-0.3, -0.25) is 9.59 Å². The van der Waals surface area contributed by atoms with Crippen LogP contribution < -0.4 is 16.8 Å². The highest BCUT2D eigenvalue weighted by Gasteiger charge is 2.32. The van der Waals surface area contributed by atoms with Gasteiger partial charge in [-0.2, -0.15) is 0 Å². The molecule has 0 aliphatic rings. The SMILES string of the molecule is CCC(C)(NC(=O)C(N)c1cccs1)C(N)=O. The second-order valence-electron chi connectivity index (χ2n) is 4.03. The fourth-order valence-electron chi connectivity index (χ4n) is 1.27. The van der Waals surface area contributed by atoms with Gasteiger partial charge in [-0.25, -0.2) is 0 Å². The third-order valence-electron chi connectivity index (χ3n) is 2.78. The summed E-state index contributed by atoms with van der Waals surface area (Å²) >= 11 is 1.40. The van der Waals surface area contributed by atoms with E-state index in [1.807, 2.05) is 11.4 Å². The van der Waals surface area contributed by atoms with Crippen LogP contribution in [0, 0.1) is 0 Å². The van der Waals surface area contributed by atoms with Crippen molar-refractivity contribution in [1.29, 1.82) is 0 Å². The van der Waals surface area contributed by atoms with Gasteiger partial charge in [0.15, 0.2) is 0 Å². The highest BCUT2D eigenvalue weighted by atomic mass is 32.1. The molecular weight excluding hydrogens is 238 g/mol. The number of hydrogen-bond acceptors (Lipinski definition) is 4. The summed E-state index contributed by atoms with van der Waals surface area (Å²) in [5, 5.41) is 4.44. The summed E-state index contributed by atoms with van der Waals surface area (Å²) in [4.78, 5) is 23.9. The Hall–Kier alpha value is -1.40. The molecule has 0 saturated heterocycles. The van der Waals surface area contributed by atoms with E-state index in [4.69, 9.17) is 11.5 Å². The van der Waals surface area contributed by atoms with Gasteiger partial charge >= 0.3 is 0 Å².